The minimum absolute atomic E-state index is 1.04. The first kappa shape index (κ1) is 44.0. The Morgan fingerprint density at radius 3 is 1.42 bits per heavy atom. The molecule has 0 N–H and O–H groups in total. The maximum atomic E-state index is 2.47. The molecule has 0 unspecified atom stereocenters. The van der Waals surface area contributed by atoms with E-state index >= 15 is 0 Å². The summed E-state index contributed by atoms with van der Waals surface area (Å²) in [7, 11) is 19.4. The van der Waals surface area contributed by atoms with Crippen LogP contribution in [0.15, 0.2) is 122 Å². The minimum Gasteiger partial charge on any atom is -0.378 e. The van der Waals surface area contributed by atoms with E-state index in [1.54, 1.807) is 0 Å². The minimum atomic E-state index is 1.04. The lowest BCUT2D eigenvalue weighted by atomic mass is 10.1. The topological polar surface area (TPSA) is 17.5 Å². The van der Waals surface area contributed by atoms with Crippen molar-refractivity contribution >= 4 is 78.8 Å². The van der Waals surface area contributed by atoms with E-state index in [0.29, 0.717) is 0 Å². The van der Waals surface area contributed by atoms with Gasteiger partial charge in [-0.05, 0) is 87.2 Å². The van der Waals surface area contributed by atoms with E-state index in [1.807, 2.05) is 21.6 Å². The number of benzene rings is 4. The molecule has 0 aliphatic rings. The van der Waals surface area contributed by atoms with Crippen LogP contribution in [-0.4, -0.2) is 96.4 Å². The molecule has 2 aromatic heterocycles. The molecular formula is C51H65N6S2+3. The van der Waals surface area contributed by atoms with Gasteiger partial charge in [-0.1, -0.05) is 82.3 Å². The van der Waals surface area contributed by atoms with Gasteiger partial charge in [0.05, 0.1) is 39.4 Å². The van der Waals surface area contributed by atoms with Gasteiger partial charge in [0.15, 0.2) is 31.3 Å². The van der Waals surface area contributed by atoms with Crippen molar-refractivity contribution in [2.45, 2.75) is 25.9 Å². The lowest BCUT2D eigenvalue weighted by molar-refractivity contribution is -0.890. The molecule has 6 nitrogen and oxygen atoms in total. The third kappa shape index (κ3) is 14.0. The second-order valence-electron chi connectivity index (χ2n) is 16.8. The number of anilines is 2. The average Bonchev–Trinajstić information content (AvgIpc) is 3.23. The third-order valence-electron chi connectivity index (χ3n) is 11.1. The number of pyridine rings is 2. The van der Waals surface area contributed by atoms with Crippen molar-refractivity contribution in [1.82, 2.24) is 4.90 Å². The van der Waals surface area contributed by atoms with Crippen molar-refractivity contribution in [3.8, 4) is 0 Å². The molecule has 6 aromatic rings. The number of aryl methyl sites for hydroxylation is 2. The standard InChI is InChI=1S/C51H65N6S2/c1-52(2)50-20-18-46-38-44(14-16-48(46)40-50)12-10-42-22-29-55(30-23-42)27-8-26-54(5)33-36-58-59-37-35-57(6,7)34-9-28-56-31-24-43(25-32-56)11-13-45-15-17-49-41-51(53(3)4)21-19-47(49)39-45/h10-25,29-32,38-41H,8-9,26-28,33-37H2,1-7H3/q+3. The molecular weight excluding hydrogens is 761 g/mol. The van der Waals surface area contributed by atoms with Crippen LogP contribution in [0, 0.1) is 0 Å². The van der Waals surface area contributed by atoms with Crippen molar-refractivity contribution in [3.05, 3.63) is 144 Å². The van der Waals surface area contributed by atoms with Crippen molar-refractivity contribution in [1.29, 1.82) is 0 Å². The highest BCUT2D eigenvalue weighted by molar-refractivity contribution is 8.76. The van der Waals surface area contributed by atoms with Gasteiger partial charge in [0, 0.05) is 89.1 Å². The van der Waals surface area contributed by atoms with E-state index in [0.717, 1.165) is 37.1 Å². The molecule has 0 atom stereocenters. The van der Waals surface area contributed by atoms with Crippen LogP contribution in [0.5, 0.6) is 0 Å². The number of fused-ring (bicyclic) bond motifs is 2. The summed E-state index contributed by atoms with van der Waals surface area (Å²) in [4.78, 5) is 6.76. The predicted molar refractivity (Wildman–Crippen MR) is 261 cm³/mol. The van der Waals surface area contributed by atoms with Gasteiger partial charge in [0.2, 0.25) is 0 Å². The molecule has 0 aliphatic heterocycles. The molecule has 308 valence electrons. The van der Waals surface area contributed by atoms with Crippen molar-refractivity contribution in [2.24, 2.45) is 0 Å². The van der Waals surface area contributed by atoms with Gasteiger partial charge in [0.25, 0.3) is 0 Å². The molecule has 4 aromatic carbocycles. The molecule has 0 amide bonds. The van der Waals surface area contributed by atoms with Crippen molar-refractivity contribution in [2.75, 3.05) is 96.8 Å². The van der Waals surface area contributed by atoms with Crippen LogP contribution < -0.4 is 18.9 Å². The first-order valence-corrected chi connectivity index (χ1v) is 23.5. The summed E-state index contributed by atoms with van der Waals surface area (Å²) < 4.78 is 5.68. The third-order valence-corrected chi connectivity index (χ3v) is 13.4. The molecule has 6 rings (SSSR count). The quantitative estimate of drug-likeness (QED) is 0.0311. The van der Waals surface area contributed by atoms with E-state index in [-0.39, 0.29) is 0 Å². The Morgan fingerprint density at radius 2 is 0.915 bits per heavy atom. The highest BCUT2D eigenvalue weighted by Crippen LogP contribution is 2.25. The van der Waals surface area contributed by atoms with Gasteiger partial charge in [-0.2, -0.15) is 0 Å². The molecule has 0 saturated carbocycles. The molecule has 0 bridgehead atoms. The number of aromatic nitrogens is 2. The van der Waals surface area contributed by atoms with Crippen molar-refractivity contribution < 1.29 is 13.6 Å². The number of hydrogen-bond acceptors (Lipinski definition) is 5. The maximum Gasteiger partial charge on any atom is 0.169 e. The van der Waals surface area contributed by atoms with Crippen LogP contribution in [-0.2, 0) is 13.1 Å². The van der Waals surface area contributed by atoms with Crippen LogP contribution in [0.2, 0.25) is 0 Å². The lowest BCUT2D eigenvalue weighted by Gasteiger charge is -2.29. The Morgan fingerprint density at radius 1 is 0.475 bits per heavy atom. The molecule has 0 radical (unpaired) electrons. The molecule has 8 heteroatoms. The fourth-order valence-electron chi connectivity index (χ4n) is 7.13. The van der Waals surface area contributed by atoms with Gasteiger partial charge in [0.1, 0.15) is 6.54 Å². The van der Waals surface area contributed by atoms with Crippen LogP contribution in [0.4, 0.5) is 11.4 Å². The summed E-state index contributed by atoms with van der Waals surface area (Å²) in [6, 6.07) is 35.5. The summed E-state index contributed by atoms with van der Waals surface area (Å²) in [5.41, 5.74) is 7.35. The first-order chi connectivity index (χ1) is 28.5. The van der Waals surface area contributed by atoms with Crippen LogP contribution in [0.25, 0.3) is 45.8 Å². The number of rotatable bonds is 21. The first-order valence-electron chi connectivity index (χ1n) is 21.0. The molecule has 59 heavy (non-hydrogen) atoms. The predicted octanol–water partition coefficient (Wildman–Crippen LogP) is 9.91. The zero-order chi connectivity index (χ0) is 41.6. The summed E-state index contributed by atoms with van der Waals surface area (Å²) in [5.74, 6) is 2.35. The fraction of sp³-hybridized carbons (Fsp3) is 0.333. The van der Waals surface area contributed by atoms with Gasteiger partial charge in [-0.3, -0.25) is 0 Å². The average molecular weight is 826 g/mol. The van der Waals surface area contributed by atoms with Crippen LogP contribution in [0.1, 0.15) is 35.1 Å². The molecule has 0 fully saturated rings. The van der Waals surface area contributed by atoms with Gasteiger partial charge < -0.3 is 19.2 Å². The Bertz CT molecular complexity index is 2300. The summed E-state index contributed by atoms with van der Waals surface area (Å²) in [6.45, 7) is 6.70. The highest BCUT2D eigenvalue weighted by Gasteiger charge is 2.16. The van der Waals surface area contributed by atoms with E-state index in [1.165, 1.54) is 86.2 Å². The molecule has 0 aliphatic carbocycles. The van der Waals surface area contributed by atoms with Crippen LogP contribution in [0.3, 0.4) is 0 Å². The Hall–Kier alpha value is -4.60. The van der Waals surface area contributed by atoms with Crippen LogP contribution >= 0.6 is 21.6 Å². The monoisotopic (exact) mass is 825 g/mol. The molecule has 0 saturated heterocycles. The number of hydrogen-bond donors (Lipinski definition) is 0. The second kappa shape index (κ2) is 21.6. The molecule has 2 heterocycles. The SMILES string of the molecule is CN(CCC[n+]1ccc(/C=C/c2ccc3cc(N(C)C)ccc3c2)cc1)CCSSCC[N+](C)(C)CCC[n+]1ccc(/C=C/c2ccc3cc(N(C)C)ccc3c2)cc1. The maximum absolute atomic E-state index is 2.47. The summed E-state index contributed by atoms with van der Waals surface area (Å²) in [5, 5.41) is 5.08. The lowest BCUT2D eigenvalue weighted by Crippen LogP contribution is -2.44. The Balaban J connectivity index is 0.804. The largest absolute Gasteiger partial charge is 0.378 e. The summed E-state index contributed by atoms with van der Waals surface area (Å²) in [6.07, 6.45) is 20.0. The van der Waals surface area contributed by atoms with Gasteiger partial charge in [-0.15, -0.1) is 0 Å². The Kier molecular flexibility index (Phi) is 16.1. The zero-order valence-electron chi connectivity index (χ0n) is 36.4. The smallest absolute Gasteiger partial charge is 0.169 e. The normalized spacial score (nSPS) is 12.1. The number of quaternary nitrogens is 1. The van der Waals surface area contributed by atoms with Gasteiger partial charge >= 0.3 is 0 Å². The zero-order valence-corrected chi connectivity index (χ0v) is 38.1. The van der Waals surface area contributed by atoms with Crippen molar-refractivity contribution in [3.63, 3.8) is 0 Å². The van der Waals surface area contributed by atoms with Gasteiger partial charge in [-0.25, -0.2) is 9.13 Å². The summed E-state index contributed by atoms with van der Waals surface area (Å²) >= 11 is 0. The fourth-order valence-corrected chi connectivity index (χ4v) is 9.48. The van der Waals surface area contributed by atoms with E-state index in [4.69, 9.17) is 0 Å². The van der Waals surface area contributed by atoms with E-state index in [2.05, 4.69) is 219 Å². The molecule has 0 spiro atoms. The van der Waals surface area contributed by atoms with E-state index in [9.17, 15) is 0 Å². The number of nitrogens with zero attached hydrogens (tertiary/aromatic N) is 6. The second-order valence-corrected chi connectivity index (χ2v) is 19.5. The Labute approximate surface area is 362 Å². The highest BCUT2D eigenvalue weighted by atomic mass is 33.1. The van der Waals surface area contributed by atoms with E-state index < -0.39 is 0 Å².